The van der Waals surface area contributed by atoms with Crippen molar-refractivity contribution in [3.8, 4) is 5.75 Å². The summed E-state index contributed by atoms with van der Waals surface area (Å²) in [6.45, 7) is 5.52. The van der Waals surface area contributed by atoms with Crippen molar-refractivity contribution >= 4 is 15.7 Å². The molecule has 0 aromatic heterocycles. The monoisotopic (exact) mass is 343 g/mol. The first-order chi connectivity index (χ1) is 11.5. The van der Waals surface area contributed by atoms with Gasteiger partial charge in [0.05, 0.1) is 16.8 Å². The minimum atomic E-state index is -3.74. The van der Waals surface area contributed by atoms with Crippen LogP contribution in [0.1, 0.15) is 19.4 Å². The first kappa shape index (κ1) is 17.8. The summed E-state index contributed by atoms with van der Waals surface area (Å²) in [5.41, 5.74) is 1.46. The number of aryl methyl sites for hydroxylation is 1. The van der Waals surface area contributed by atoms with Gasteiger partial charge in [-0.05, 0) is 45.0 Å². The number of hydrogen-bond donors (Lipinski definition) is 0. The average molecular weight is 343 g/mol. The van der Waals surface area contributed by atoms with Gasteiger partial charge in [0.1, 0.15) is 0 Å². The largest absolute Gasteiger partial charge is 0.463 e. The van der Waals surface area contributed by atoms with Crippen LogP contribution < -0.4 is 9.04 Å². The third-order valence-corrected chi connectivity index (χ3v) is 5.00. The molecule has 0 saturated heterocycles. The molecule has 0 radical (unpaired) electrons. The van der Waals surface area contributed by atoms with Crippen LogP contribution in [0.25, 0.3) is 0 Å². The molecule has 0 aliphatic carbocycles. The van der Waals surface area contributed by atoms with Crippen molar-refractivity contribution in [3.63, 3.8) is 0 Å². The van der Waals surface area contributed by atoms with Crippen LogP contribution in [-0.2, 0) is 10.0 Å². The fraction of sp³-hybridized carbons (Fsp3) is 0.158. The molecule has 126 valence electrons. The van der Waals surface area contributed by atoms with Crippen molar-refractivity contribution in [3.05, 3.63) is 78.7 Å². The van der Waals surface area contributed by atoms with Crippen LogP contribution in [0, 0.1) is 6.92 Å². The third-order valence-electron chi connectivity index (χ3n) is 3.30. The van der Waals surface area contributed by atoms with Crippen LogP contribution in [0.2, 0.25) is 0 Å². The van der Waals surface area contributed by atoms with Crippen LogP contribution >= 0.6 is 0 Å². The summed E-state index contributed by atoms with van der Waals surface area (Å²) < 4.78 is 32.9. The maximum atomic E-state index is 13.1. The molecule has 0 heterocycles. The van der Waals surface area contributed by atoms with Gasteiger partial charge in [-0.15, -0.1) is 0 Å². The number of nitrogens with zero attached hydrogens (tertiary/aromatic N) is 1. The van der Waals surface area contributed by atoms with E-state index in [-0.39, 0.29) is 4.90 Å². The molecule has 24 heavy (non-hydrogen) atoms. The average Bonchev–Trinajstić information content (AvgIpc) is 2.58. The van der Waals surface area contributed by atoms with Crippen LogP contribution in [0.15, 0.2) is 78.0 Å². The smallest absolute Gasteiger partial charge is 0.268 e. The van der Waals surface area contributed by atoms with Crippen molar-refractivity contribution in [2.24, 2.45) is 0 Å². The summed E-state index contributed by atoms with van der Waals surface area (Å²) in [4.78, 5) is 0.229. The first-order valence-electron chi connectivity index (χ1n) is 7.61. The lowest BCUT2D eigenvalue weighted by Crippen LogP contribution is -2.26. The van der Waals surface area contributed by atoms with E-state index in [0.717, 1.165) is 5.56 Å². The predicted octanol–water partition coefficient (Wildman–Crippen LogP) is 4.64. The highest BCUT2D eigenvalue weighted by Crippen LogP contribution is 2.33. The highest BCUT2D eigenvalue weighted by molar-refractivity contribution is 7.93. The highest BCUT2D eigenvalue weighted by atomic mass is 32.2. The molecule has 0 atom stereocenters. The number of rotatable bonds is 6. The normalized spacial score (nSPS) is 12.0. The van der Waals surface area contributed by atoms with Crippen molar-refractivity contribution in [2.45, 2.75) is 25.7 Å². The lowest BCUT2D eigenvalue weighted by atomic mass is 10.2. The second-order valence-electron chi connectivity index (χ2n) is 5.15. The summed E-state index contributed by atoms with van der Waals surface area (Å²) >= 11 is 0. The second-order valence-corrected chi connectivity index (χ2v) is 6.97. The molecule has 2 aromatic carbocycles. The zero-order chi connectivity index (χ0) is 17.6. The van der Waals surface area contributed by atoms with Gasteiger partial charge in [0.2, 0.25) is 0 Å². The van der Waals surface area contributed by atoms with Gasteiger partial charge in [-0.25, -0.2) is 12.7 Å². The van der Waals surface area contributed by atoms with Crippen LogP contribution in [-0.4, -0.2) is 8.42 Å². The molecule has 0 bridgehead atoms. The van der Waals surface area contributed by atoms with Gasteiger partial charge in [0, 0.05) is 6.20 Å². The maximum absolute atomic E-state index is 13.1. The van der Waals surface area contributed by atoms with E-state index in [2.05, 4.69) is 0 Å². The van der Waals surface area contributed by atoms with Crippen molar-refractivity contribution in [2.75, 3.05) is 4.31 Å². The molecule has 0 N–H and O–H groups in total. The number of anilines is 1. The molecule has 4 nitrogen and oxygen atoms in total. The molecule has 0 spiro atoms. The summed E-state index contributed by atoms with van der Waals surface area (Å²) in [5.74, 6) is 0.462. The Hall–Kier alpha value is -2.53. The fourth-order valence-corrected chi connectivity index (χ4v) is 3.53. The number of ether oxygens (including phenoxy) is 1. The second kappa shape index (κ2) is 7.84. The van der Waals surface area contributed by atoms with Crippen LogP contribution in [0.5, 0.6) is 5.75 Å². The van der Waals surface area contributed by atoms with E-state index in [9.17, 15) is 8.42 Å². The Bertz CT molecular complexity index is 837. The van der Waals surface area contributed by atoms with E-state index in [0.29, 0.717) is 11.4 Å². The summed E-state index contributed by atoms with van der Waals surface area (Å²) in [5, 5.41) is 0. The molecule has 5 heteroatoms. The maximum Gasteiger partial charge on any atom is 0.268 e. The lowest BCUT2D eigenvalue weighted by molar-refractivity contribution is 0.481. The minimum absolute atomic E-state index is 0.229. The Morgan fingerprint density at radius 3 is 2.25 bits per heavy atom. The minimum Gasteiger partial charge on any atom is -0.463 e. The molecule has 0 amide bonds. The molecule has 0 fully saturated rings. The molecule has 2 rings (SSSR count). The first-order valence-corrected chi connectivity index (χ1v) is 9.05. The highest BCUT2D eigenvalue weighted by Gasteiger charge is 2.25. The van der Waals surface area contributed by atoms with Gasteiger partial charge in [0.25, 0.3) is 10.0 Å². The third kappa shape index (κ3) is 3.86. The predicted molar refractivity (Wildman–Crippen MR) is 97.5 cm³/mol. The Balaban J connectivity index is 2.56. The number of allylic oxidation sites excluding steroid dienone is 2. The number of benzene rings is 2. The molecule has 2 aromatic rings. The van der Waals surface area contributed by atoms with E-state index in [1.165, 1.54) is 16.8 Å². The Morgan fingerprint density at radius 2 is 1.62 bits per heavy atom. The summed E-state index contributed by atoms with van der Waals surface area (Å²) in [6, 6.07) is 13.8. The van der Waals surface area contributed by atoms with Crippen LogP contribution in [0.4, 0.5) is 5.69 Å². The van der Waals surface area contributed by atoms with Crippen molar-refractivity contribution < 1.29 is 13.2 Å². The van der Waals surface area contributed by atoms with Gasteiger partial charge in [-0.3, -0.25) is 0 Å². The van der Waals surface area contributed by atoms with Gasteiger partial charge >= 0.3 is 0 Å². The number of para-hydroxylation sites is 2. The quantitative estimate of drug-likeness (QED) is 0.718. The van der Waals surface area contributed by atoms with E-state index in [4.69, 9.17) is 4.74 Å². The van der Waals surface area contributed by atoms with E-state index in [1.807, 2.05) is 13.8 Å². The van der Waals surface area contributed by atoms with Crippen LogP contribution in [0.3, 0.4) is 0 Å². The Labute approximate surface area is 143 Å². The van der Waals surface area contributed by atoms with E-state index < -0.39 is 10.0 Å². The molecular formula is C19H21NO3S. The van der Waals surface area contributed by atoms with E-state index in [1.54, 1.807) is 67.6 Å². The Morgan fingerprint density at radius 1 is 0.958 bits per heavy atom. The van der Waals surface area contributed by atoms with Crippen molar-refractivity contribution in [1.82, 2.24) is 0 Å². The lowest BCUT2D eigenvalue weighted by Gasteiger charge is -2.22. The topological polar surface area (TPSA) is 46.6 Å². The van der Waals surface area contributed by atoms with Gasteiger partial charge in [-0.1, -0.05) is 42.0 Å². The molecule has 0 saturated carbocycles. The van der Waals surface area contributed by atoms with Gasteiger partial charge < -0.3 is 4.74 Å². The molecule has 0 aliphatic heterocycles. The van der Waals surface area contributed by atoms with Crippen molar-refractivity contribution in [1.29, 1.82) is 0 Å². The molecule has 0 aliphatic rings. The fourth-order valence-electron chi connectivity index (χ4n) is 2.13. The van der Waals surface area contributed by atoms with Gasteiger partial charge in [0.15, 0.2) is 5.75 Å². The molecule has 0 unspecified atom stereocenters. The Kier molecular flexibility index (Phi) is 5.82. The standard InChI is InChI=1S/C19H21NO3S/c1-4-14-20(18-8-6-7-9-19(18)23-15-5-2)24(21,22)17-12-10-16(3)11-13-17/h4-15H,1-3H3/b14-4+,15-5+. The number of sulfonamides is 1. The van der Waals surface area contributed by atoms with E-state index >= 15 is 0 Å². The SMILES string of the molecule is C/C=C/Oc1ccccc1N(/C=C/C)S(=O)(=O)c1ccc(C)cc1. The number of hydrogen-bond acceptors (Lipinski definition) is 3. The van der Waals surface area contributed by atoms with Gasteiger partial charge in [-0.2, -0.15) is 0 Å². The zero-order valence-electron chi connectivity index (χ0n) is 14.0. The summed E-state index contributed by atoms with van der Waals surface area (Å²) in [7, 11) is -3.74. The zero-order valence-corrected chi connectivity index (χ0v) is 14.8. The summed E-state index contributed by atoms with van der Waals surface area (Å²) in [6.07, 6.45) is 6.46. The molecular weight excluding hydrogens is 322 g/mol.